The lowest BCUT2D eigenvalue weighted by Gasteiger charge is -2.14. The fourth-order valence-electron chi connectivity index (χ4n) is 1.36. The zero-order valence-electron chi connectivity index (χ0n) is 10.3. The predicted octanol–water partition coefficient (Wildman–Crippen LogP) is 0.625. The van der Waals surface area contributed by atoms with E-state index in [2.05, 4.69) is 4.98 Å². The number of rotatable bonds is 7. The maximum Gasteiger partial charge on any atom is 0.142 e. The standard InChI is InChI=1S/C12H20N2O3/c1-3-16-7-10(15)8-17-12-5-4-9(2)14-11(12)6-13/h4-5,10,15H,3,6-8,13H2,1-2H3. The third-order valence-corrected chi connectivity index (χ3v) is 2.21. The smallest absolute Gasteiger partial charge is 0.142 e. The molecule has 0 fully saturated rings. The molecule has 96 valence electrons. The first-order chi connectivity index (χ1) is 8.17. The summed E-state index contributed by atoms with van der Waals surface area (Å²) in [5, 5.41) is 9.56. The third kappa shape index (κ3) is 4.68. The van der Waals surface area contributed by atoms with Crippen molar-refractivity contribution < 1.29 is 14.6 Å². The Balaban J connectivity index is 2.50. The Morgan fingerprint density at radius 3 is 2.82 bits per heavy atom. The van der Waals surface area contributed by atoms with E-state index in [-0.39, 0.29) is 13.2 Å². The Morgan fingerprint density at radius 1 is 1.41 bits per heavy atom. The van der Waals surface area contributed by atoms with Crippen molar-refractivity contribution in [3.05, 3.63) is 23.5 Å². The van der Waals surface area contributed by atoms with Crippen LogP contribution in [0.5, 0.6) is 5.75 Å². The molecule has 5 nitrogen and oxygen atoms in total. The van der Waals surface area contributed by atoms with Crippen molar-refractivity contribution in [1.82, 2.24) is 4.98 Å². The first-order valence-corrected chi connectivity index (χ1v) is 5.72. The van der Waals surface area contributed by atoms with Gasteiger partial charge in [0.05, 0.1) is 12.3 Å². The van der Waals surface area contributed by atoms with Gasteiger partial charge in [-0.15, -0.1) is 0 Å². The van der Waals surface area contributed by atoms with Gasteiger partial charge in [-0.05, 0) is 26.0 Å². The van der Waals surface area contributed by atoms with E-state index in [0.717, 1.165) is 5.69 Å². The van der Waals surface area contributed by atoms with Crippen LogP contribution in [0.1, 0.15) is 18.3 Å². The molecule has 0 saturated carbocycles. The summed E-state index contributed by atoms with van der Waals surface area (Å²) in [7, 11) is 0. The van der Waals surface area contributed by atoms with Gasteiger partial charge in [-0.25, -0.2) is 0 Å². The van der Waals surface area contributed by atoms with Gasteiger partial charge in [-0.1, -0.05) is 0 Å². The molecule has 0 aliphatic heterocycles. The fraction of sp³-hybridized carbons (Fsp3) is 0.583. The molecule has 0 aromatic carbocycles. The highest BCUT2D eigenvalue weighted by atomic mass is 16.5. The molecule has 17 heavy (non-hydrogen) atoms. The van der Waals surface area contributed by atoms with Crippen molar-refractivity contribution >= 4 is 0 Å². The highest BCUT2D eigenvalue weighted by Crippen LogP contribution is 2.16. The van der Waals surface area contributed by atoms with Crippen molar-refractivity contribution in [2.75, 3.05) is 19.8 Å². The highest BCUT2D eigenvalue weighted by molar-refractivity contribution is 5.29. The second kappa shape index (κ2) is 7.21. The molecule has 0 radical (unpaired) electrons. The van der Waals surface area contributed by atoms with E-state index >= 15 is 0 Å². The van der Waals surface area contributed by atoms with E-state index in [1.807, 2.05) is 26.0 Å². The van der Waals surface area contributed by atoms with Gasteiger partial charge >= 0.3 is 0 Å². The number of hydrogen-bond acceptors (Lipinski definition) is 5. The molecule has 0 saturated heterocycles. The van der Waals surface area contributed by atoms with Gasteiger partial charge < -0.3 is 20.3 Å². The molecule has 0 bridgehead atoms. The Morgan fingerprint density at radius 2 is 2.18 bits per heavy atom. The molecule has 1 aromatic rings. The van der Waals surface area contributed by atoms with E-state index in [0.29, 0.717) is 24.6 Å². The molecule has 1 aromatic heterocycles. The summed E-state index contributed by atoms with van der Waals surface area (Å²) in [4.78, 5) is 4.27. The number of ether oxygens (including phenoxy) is 2. The number of aliphatic hydroxyl groups is 1. The van der Waals surface area contributed by atoms with Crippen molar-refractivity contribution in [3.63, 3.8) is 0 Å². The molecular weight excluding hydrogens is 220 g/mol. The number of nitrogens with zero attached hydrogens (tertiary/aromatic N) is 1. The minimum absolute atomic E-state index is 0.178. The van der Waals surface area contributed by atoms with Crippen molar-refractivity contribution in [2.24, 2.45) is 5.73 Å². The van der Waals surface area contributed by atoms with Crippen LogP contribution in [0.15, 0.2) is 12.1 Å². The van der Waals surface area contributed by atoms with Crippen LogP contribution in [0.4, 0.5) is 0 Å². The number of hydrogen-bond donors (Lipinski definition) is 2. The monoisotopic (exact) mass is 240 g/mol. The molecule has 1 unspecified atom stereocenters. The van der Waals surface area contributed by atoms with Gasteiger partial charge in [0.1, 0.15) is 18.5 Å². The van der Waals surface area contributed by atoms with E-state index < -0.39 is 6.10 Å². The van der Waals surface area contributed by atoms with Gasteiger partial charge in [-0.2, -0.15) is 0 Å². The molecule has 1 atom stereocenters. The van der Waals surface area contributed by atoms with Gasteiger partial charge in [-0.3, -0.25) is 4.98 Å². The molecule has 1 rings (SSSR count). The van der Waals surface area contributed by atoms with Gasteiger partial charge in [0.2, 0.25) is 0 Å². The van der Waals surface area contributed by atoms with Crippen LogP contribution in [0.2, 0.25) is 0 Å². The number of aromatic nitrogens is 1. The molecule has 5 heteroatoms. The zero-order valence-corrected chi connectivity index (χ0v) is 10.3. The number of aliphatic hydroxyl groups excluding tert-OH is 1. The minimum Gasteiger partial charge on any atom is -0.489 e. The van der Waals surface area contributed by atoms with E-state index in [1.165, 1.54) is 0 Å². The first-order valence-electron chi connectivity index (χ1n) is 5.72. The summed E-state index contributed by atoms with van der Waals surface area (Å²) in [5.74, 6) is 0.619. The largest absolute Gasteiger partial charge is 0.489 e. The van der Waals surface area contributed by atoms with Gasteiger partial charge in [0.25, 0.3) is 0 Å². The summed E-state index contributed by atoms with van der Waals surface area (Å²) < 4.78 is 10.6. The average Bonchev–Trinajstić information content (AvgIpc) is 2.34. The lowest BCUT2D eigenvalue weighted by molar-refractivity contribution is 0.0162. The van der Waals surface area contributed by atoms with Crippen LogP contribution >= 0.6 is 0 Å². The second-order valence-electron chi connectivity index (χ2n) is 3.73. The minimum atomic E-state index is -0.637. The molecule has 0 aliphatic rings. The number of aryl methyl sites for hydroxylation is 1. The maximum atomic E-state index is 9.56. The SMILES string of the molecule is CCOCC(O)COc1ccc(C)nc1CN. The van der Waals surface area contributed by atoms with Crippen LogP contribution < -0.4 is 10.5 Å². The second-order valence-corrected chi connectivity index (χ2v) is 3.73. The molecule has 0 aliphatic carbocycles. The fourth-order valence-corrected chi connectivity index (χ4v) is 1.36. The normalized spacial score (nSPS) is 12.5. The molecule has 0 spiro atoms. The zero-order chi connectivity index (χ0) is 12.7. The van der Waals surface area contributed by atoms with Crippen LogP contribution in [-0.4, -0.2) is 36.0 Å². The van der Waals surface area contributed by atoms with Crippen LogP contribution in [0.25, 0.3) is 0 Å². The lowest BCUT2D eigenvalue weighted by Crippen LogP contribution is -2.24. The summed E-state index contributed by atoms with van der Waals surface area (Å²) in [5.41, 5.74) is 7.17. The van der Waals surface area contributed by atoms with Crippen molar-refractivity contribution in [2.45, 2.75) is 26.5 Å². The van der Waals surface area contributed by atoms with Crippen molar-refractivity contribution in [1.29, 1.82) is 0 Å². The predicted molar refractivity (Wildman–Crippen MR) is 64.9 cm³/mol. The Hall–Kier alpha value is -1.17. The third-order valence-electron chi connectivity index (χ3n) is 2.21. The molecule has 3 N–H and O–H groups in total. The highest BCUT2D eigenvalue weighted by Gasteiger charge is 2.08. The average molecular weight is 240 g/mol. The van der Waals surface area contributed by atoms with Crippen LogP contribution in [-0.2, 0) is 11.3 Å². The lowest BCUT2D eigenvalue weighted by atomic mass is 10.3. The van der Waals surface area contributed by atoms with Gasteiger partial charge in [0, 0.05) is 18.8 Å². The molecule has 1 heterocycles. The van der Waals surface area contributed by atoms with Crippen LogP contribution in [0, 0.1) is 6.92 Å². The Bertz CT molecular complexity index is 345. The Labute approximate surface area is 102 Å². The van der Waals surface area contributed by atoms with E-state index in [1.54, 1.807) is 0 Å². The summed E-state index contributed by atoms with van der Waals surface area (Å²) in [6, 6.07) is 3.67. The summed E-state index contributed by atoms with van der Waals surface area (Å²) in [6.07, 6.45) is -0.637. The molecular formula is C12H20N2O3. The number of nitrogens with two attached hydrogens (primary N) is 1. The van der Waals surface area contributed by atoms with E-state index in [9.17, 15) is 5.11 Å². The molecule has 0 amide bonds. The van der Waals surface area contributed by atoms with E-state index in [4.69, 9.17) is 15.2 Å². The first kappa shape index (κ1) is 13.9. The van der Waals surface area contributed by atoms with Crippen molar-refractivity contribution in [3.8, 4) is 5.75 Å². The summed E-state index contributed by atoms with van der Waals surface area (Å²) in [6.45, 7) is 5.12. The van der Waals surface area contributed by atoms with Crippen LogP contribution in [0.3, 0.4) is 0 Å². The Kier molecular flexibility index (Phi) is 5.90. The maximum absolute atomic E-state index is 9.56. The quantitative estimate of drug-likeness (QED) is 0.730. The number of pyridine rings is 1. The summed E-state index contributed by atoms with van der Waals surface area (Å²) >= 11 is 0. The van der Waals surface area contributed by atoms with Gasteiger partial charge in [0.15, 0.2) is 0 Å². The topological polar surface area (TPSA) is 77.6 Å².